The maximum Gasteiger partial charge on any atom is 0.122 e. The molecule has 0 aliphatic heterocycles. The highest BCUT2D eigenvalue weighted by atomic mass is 14.7. The molecule has 3 N–H and O–H groups in total. The molecule has 0 saturated carbocycles. The number of allylic oxidation sites excluding steroid dienone is 1. The fraction of sp³-hybridized carbons (Fsp3) is 0.100. The van der Waals surface area contributed by atoms with E-state index in [0.29, 0.717) is 0 Å². The molecule has 2 nitrogen and oxygen atoms in total. The molecule has 0 fully saturated rings. The van der Waals surface area contributed by atoms with Crippen LogP contribution in [0.2, 0.25) is 0 Å². The van der Waals surface area contributed by atoms with E-state index in [1.807, 2.05) is 43.3 Å². The number of nitrogens with one attached hydrogen (secondary N) is 1. The smallest absolute Gasteiger partial charge is 0.122 e. The molecular formula is C10H12N2. The Morgan fingerprint density at radius 2 is 1.92 bits per heavy atom. The molecule has 0 bridgehead atoms. The van der Waals surface area contributed by atoms with Crippen LogP contribution in [-0.2, 0) is 0 Å². The number of amidine groups is 1. The third-order valence-electron chi connectivity index (χ3n) is 1.58. The van der Waals surface area contributed by atoms with Crippen LogP contribution in [0.4, 0.5) is 0 Å². The van der Waals surface area contributed by atoms with Crippen LogP contribution < -0.4 is 5.73 Å². The molecule has 1 rings (SSSR count). The lowest BCUT2D eigenvalue weighted by atomic mass is 10.1. The quantitative estimate of drug-likeness (QED) is 0.504. The second-order valence-corrected chi connectivity index (χ2v) is 2.54. The van der Waals surface area contributed by atoms with Gasteiger partial charge in [0.2, 0.25) is 0 Å². The van der Waals surface area contributed by atoms with E-state index in [9.17, 15) is 0 Å². The number of nitrogen functional groups attached to an aromatic ring is 1. The summed E-state index contributed by atoms with van der Waals surface area (Å²) in [4.78, 5) is 0. The second-order valence-electron chi connectivity index (χ2n) is 2.54. The van der Waals surface area contributed by atoms with Gasteiger partial charge in [-0.15, -0.1) is 0 Å². The third kappa shape index (κ3) is 1.95. The minimum Gasteiger partial charge on any atom is -0.384 e. The Kier molecular flexibility index (Phi) is 2.64. The summed E-state index contributed by atoms with van der Waals surface area (Å²) in [6.45, 7) is 1.97. The van der Waals surface area contributed by atoms with Crippen molar-refractivity contribution in [1.82, 2.24) is 0 Å². The van der Waals surface area contributed by atoms with Crippen LogP contribution in [0.1, 0.15) is 18.1 Å². The van der Waals surface area contributed by atoms with Gasteiger partial charge in [-0.3, -0.25) is 5.41 Å². The zero-order chi connectivity index (χ0) is 8.97. The first kappa shape index (κ1) is 8.53. The lowest BCUT2D eigenvalue weighted by Crippen LogP contribution is -2.10. The van der Waals surface area contributed by atoms with Crippen LogP contribution >= 0.6 is 0 Å². The van der Waals surface area contributed by atoms with Crippen LogP contribution in [0.3, 0.4) is 0 Å². The van der Waals surface area contributed by atoms with Crippen molar-refractivity contribution < 1.29 is 0 Å². The summed E-state index contributed by atoms with van der Waals surface area (Å²) in [6, 6.07) is 7.57. The molecule has 0 aromatic heterocycles. The van der Waals surface area contributed by atoms with Crippen LogP contribution in [-0.4, -0.2) is 5.84 Å². The van der Waals surface area contributed by atoms with Crippen molar-refractivity contribution in [1.29, 1.82) is 5.41 Å². The average molecular weight is 160 g/mol. The summed E-state index contributed by atoms with van der Waals surface area (Å²) in [5.41, 5.74) is 7.20. The zero-order valence-corrected chi connectivity index (χ0v) is 7.04. The highest BCUT2D eigenvalue weighted by Gasteiger charge is 1.93. The summed E-state index contributed by atoms with van der Waals surface area (Å²) in [5.74, 6) is 0.113. The Labute approximate surface area is 72.2 Å². The molecule has 2 heteroatoms. The molecule has 0 aliphatic rings. The number of hydrogen-bond acceptors (Lipinski definition) is 1. The van der Waals surface area contributed by atoms with Crippen molar-refractivity contribution in [2.24, 2.45) is 5.73 Å². The number of rotatable bonds is 2. The molecule has 0 radical (unpaired) electrons. The Morgan fingerprint density at radius 3 is 2.33 bits per heavy atom. The molecule has 0 atom stereocenters. The highest BCUT2D eigenvalue weighted by molar-refractivity contribution is 5.95. The standard InChI is InChI=1S/C10H12N2/c1-2-3-8-4-6-9(7-5-8)10(11)12/h2-7H,1H3,(H3,11,12)/b3-2+. The molecule has 0 amide bonds. The van der Waals surface area contributed by atoms with Crippen LogP contribution in [0.15, 0.2) is 30.3 Å². The molecule has 0 unspecified atom stereocenters. The summed E-state index contributed by atoms with van der Waals surface area (Å²) in [5, 5.41) is 7.17. The summed E-state index contributed by atoms with van der Waals surface area (Å²) in [7, 11) is 0. The maximum atomic E-state index is 7.17. The van der Waals surface area contributed by atoms with E-state index in [1.165, 1.54) is 0 Å². The van der Waals surface area contributed by atoms with Crippen LogP contribution in [0, 0.1) is 5.41 Å². The number of benzene rings is 1. The van der Waals surface area contributed by atoms with E-state index in [0.717, 1.165) is 11.1 Å². The first-order valence-corrected chi connectivity index (χ1v) is 3.81. The maximum absolute atomic E-state index is 7.17. The van der Waals surface area contributed by atoms with E-state index in [4.69, 9.17) is 11.1 Å². The monoisotopic (exact) mass is 160 g/mol. The third-order valence-corrected chi connectivity index (χ3v) is 1.58. The Hall–Kier alpha value is -1.57. The summed E-state index contributed by atoms with van der Waals surface area (Å²) >= 11 is 0. The van der Waals surface area contributed by atoms with Gasteiger partial charge in [-0.2, -0.15) is 0 Å². The van der Waals surface area contributed by atoms with Gasteiger partial charge in [0.25, 0.3) is 0 Å². The van der Waals surface area contributed by atoms with Gasteiger partial charge in [0.15, 0.2) is 0 Å². The Morgan fingerprint density at radius 1 is 1.33 bits per heavy atom. The largest absolute Gasteiger partial charge is 0.384 e. The van der Waals surface area contributed by atoms with Gasteiger partial charge in [-0.05, 0) is 12.5 Å². The normalized spacial score (nSPS) is 10.4. The van der Waals surface area contributed by atoms with Gasteiger partial charge in [0.05, 0.1) is 0 Å². The summed E-state index contributed by atoms with van der Waals surface area (Å²) < 4.78 is 0. The fourth-order valence-corrected chi connectivity index (χ4v) is 0.966. The molecule has 1 aromatic carbocycles. The lowest BCUT2D eigenvalue weighted by molar-refractivity contribution is 1.42. The van der Waals surface area contributed by atoms with E-state index in [2.05, 4.69) is 0 Å². The Balaban J connectivity index is 2.93. The van der Waals surface area contributed by atoms with E-state index in [1.54, 1.807) is 0 Å². The lowest BCUT2D eigenvalue weighted by Gasteiger charge is -1.97. The van der Waals surface area contributed by atoms with Crippen LogP contribution in [0.5, 0.6) is 0 Å². The molecular weight excluding hydrogens is 148 g/mol. The summed E-state index contributed by atoms with van der Waals surface area (Å²) in [6.07, 6.45) is 3.98. The Bertz CT molecular complexity index is 296. The van der Waals surface area contributed by atoms with Crippen molar-refractivity contribution in [3.05, 3.63) is 41.5 Å². The van der Waals surface area contributed by atoms with Gasteiger partial charge in [0.1, 0.15) is 5.84 Å². The number of hydrogen-bond donors (Lipinski definition) is 2. The zero-order valence-electron chi connectivity index (χ0n) is 7.04. The fourth-order valence-electron chi connectivity index (χ4n) is 0.966. The molecule has 0 saturated heterocycles. The first-order valence-electron chi connectivity index (χ1n) is 3.81. The van der Waals surface area contributed by atoms with Crippen molar-refractivity contribution in [2.45, 2.75) is 6.92 Å². The van der Waals surface area contributed by atoms with Gasteiger partial charge < -0.3 is 5.73 Å². The molecule has 0 aliphatic carbocycles. The molecule has 12 heavy (non-hydrogen) atoms. The van der Waals surface area contributed by atoms with Gasteiger partial charge in [-0.1, -0.05) is 36.4 Å². The molecule has 0 spiro atoms. The first-order chi connectivity index (χ1) is 5.74. The second kappa shape index (κ2) is 3.72. The highest BCUT2D eigenvalue weighted by Crippen LogP contribution is 2.05. The average Bonchev–Trinajstić information content (AvgIpc) is 2.06. The van der Waals surface area contributed by atoms with Gasteiger partial charge in [-0.25, -0.2) is 0 Å². The topological polar surface area (TPSA) is 49.9 Å². The minimum atomic E-state index is 0.113. The van der Waals surface area contributed by atoms with E-state index >= 15 is 0 Å². The molecule has 62 valence electrons. The van der Waals surface area contributed by atoms with E-state index in [-0.39, 0.29) is 5.84 Å². The van der Waals surface area contributed by atoms with Crippen LogP contribution in [0.25, 0.3) is 6.08 Å². The molecule has 0 heterocycles. The van der Waals surface area contributed by atoms with Crippen molar-refractivity contribution in [3.63, 3.8) is 0 Å². The van der Waals surface area contributed by atoms with Crippen molar-refractivity contribution in [2.75, 3.05) is 0 Å². The SMILES string of the molecule is C/C=C/c1ccc(C(=N)N)cc1. The van der Waals surface area contributed by atoms with Crippen molar-refractivity contribution >= 4 is 11.9 Å². The van der Waals surface area contributed by atoms with Gasteiger partial charge in [0, 0.05) is 5.56 Å². The van der Waals surface area contributed by atoms with Crippen molar-refractivity contribution in [3.8, 4) is 0 Å². The molecule has 1 aromatic rings. The predicted molar refractivity (Wildman–Crippen MR) is 52.2 cm³/mol. The predicted octanol–water partition coefficient (Wildman–Crippen LogP) is 2.00. The number of nitrogens with two attached hydrogens (primary N) is 1. The minimum absolute atomic E-state index is 0.113. The van der Waals surface area contributed by atoms with E-state index < -0.39 is 0 Å². The van der Waals surface area contributed by atoms with Gasteiger partial charge >= 0.3 is 0 Å².